The van der Waals surface area contributed by atoms with Gasteiger partial charge in [-0.05, 0) is 18.5 Å². The molecule has 2 nitrogen and oxygen atoms in total. The number of nitrogens with one attached hydrogen (secondary N) is 1. The molecular weight excluding hydrogens is 150 g/mol. The summed E-state index contributed by atoms with van der Waals surface area (Å²) in [7, 11) is 0. The van der Waals surface area contributed by atoms with E-state index in [1.165, 1.54) is 5.56 Å². The Labute approximate surface area is 73.2 Å². The van der Waals surface area contributed by atoms with Gasteiger partial charge in [-0.2, -0.15) is 0 Å². The standard InChI is InChI=1S/C10H15NO/c12-9-8-11-7-6-10-4-2-1-3-5-10/h1-5,11-12H,6-9H2. The molecule has 12 heavy (non-hydrogen) atoms. The summed E-state index contributed by atoms with van der Waals surface area (Å²) in [4.78, 5) is 0. The summed E-state index contributed by atoms with van der Waals surface area (Å²) in [6.07, 6.45) is 1.03. The van der Waals surface area contributed by atoms with Crippen LogP contribution >= 0.6 is 0 Å². The zero-order chi connectivity index (χ0) is 8.65. The summed E-state index contributed by atoms with van der Waals surface area (Å²) < 4.78 is 0. The lowest BCUT2D eigenvalue weighted by atomic mass is 10.1. The number of hydrogen-bond donors (Lipinski definition) is 2. The molecule has 0 heterocycles. The van der Waals surface area contributed by atoms with Crippen LogP contribution in [0.5, 0.6) is 0 Å². The van der Waals surface area contributed by atoms with Crippen LogP contribution in [-0.2, 0) is 6.42 Å². The average Bonchev–Trinajstić information content (AvgIpc) is 2.14. The van der Waals surface area contributed by atoms with Gasteiger partial charge >= 0.3 is 0 Å². The fraction of sp³-hybridized carbons (Fsp3) is 0.400. The molecule has 0 aliphatic heterocycles. The van der Waals surface area contributed by atoms with Gasteiger partial charge in [0, 0.05) is 6.54 Å². The van der Waals surface area contributed by atoms with E-state index in [4.69, 9.17) is 5.11 Å². The van der Waals surface area contributed by atoms with Crippen molar-refractivity contribution in [1.29, 1.82) is 0 Å². The number of aliphatic hydroxyl groups is 1. The van der Waals surface area contributed by atoms with E-state index in [-0.39, 0.29) is 6.61 Å². The Hall–Kier alpha value is -0.860. The van der Waals surface area contributed by atoms with Crippen LogP contribution in [0.3, 0.4) is 0 Å². The van der Waals surface area contributed by atoms with Crippen LogP contribution in [0, 0.1) is 0 Å². The molecule has 66 valence electrons. The molecule has 0 bridgehead atoms. The molecule has 0 aliphatic carbocycles. The first-order valence-electron chi connectivity index (χ1n) is 4.29. The lowest BCUT2D eigenvalue weighted by molar-refractivity contribution is 0.293. The van der Waals surface area contributed by atoms with Crippen LogP contribution in [0.15, 0.2) is 30.3 Å². The zero-order valence-electron chi connectivity index (χ0n) is 7.16. The third kappa shape index (κ3) is 3.51. The number of hydrogen-bond acceptors (Lipinski definition) is 2. The Morgan fingerprint density at radius 1 is 1.08 bits per heavy atom. The quantitative estimate of drug-likeness (QED) is 0.633. The molecule has 1 aromatic carbocycles. The first-order chi connectivity index (χ1) is 5.93. The predicted molar refractivity (Wildman–Crippen MR) is 50.1 cm³/mol. The Morgan fingerprint density at radius 2 is 1.83 bits per heavy atom. The molecule has 0 saturated carbocycles. The zero-order valence-corrected chi connectivity index (χ0v) is 7.16. The highest BCUT2D eigenvalue weighted by Gasteiger charge is 1.89. The van der Waals surface area contributed by atoms with Crippen LogP contribution < -0.4 is 5.32 Å². The Kier molecular flexibility index (Phi) is 4.42. The van der Waals surface area contributed by atoms with Gasteiger partial charge in [0.05, 0.1) is 6.61 Å². The highest BCUT2D eigenvalue weighted by Crippen LogP contribution is 1.97. The molecule has 0 aliphatic rings. The van der Waals surface area contributed by atoms with Crippen LogP contribution in [0.25, 0.3) is 0 Å². The molecule has 0 saturated heterocycles. The van der Waals surface area contributed by atoms with E-state index in [2.05, 4.69) is 17.4 Å². The second-order valence-corrected chi connectivity index (χ2v) is 2.71. The van der Waals surface area contributed by atoms with Crippen LogP contribution in [0.2, 0.25) is 0 Å². The van der Waals surface area contributed by atoms with Gasteiger partial charge in [0.2, 0.25) is 0 Å². The third-order valence-electron chi connectivity index (χ3n) is 1.72. The minimum Gasteiger partial charge on any atom is -0.395 e. The smallest absolute Gasteiger partial charge is 0.0555 e. The monoisotopic (exact) mass is 165 g/mol. The minimum absolute atomic E-state index is 0.217. The molecule has 1 aromatic rings. The summed E-state index contributed by atoms with van der Waals surface area (Å²) in [6.45, 7) is 1.84. The van der Waals surface area contributed by atoms with E-state index in [9.17, 15) is 0 Å². The largest absolute Gasteiger partial charge is 0.395 e. The van der Waals surface area contributed by atoms with E-state index in [0.29, 0.717) is 6.54 Å². The topological polar surface area (TPSA) is 32.3 Å². The highest BCUT2D eigenvalue weighted by atomic mass is 16.3. The van der Waals surface area contributed by atoms with Crippen molar-refractivity contribution in [3.8, 4) is 0 Å². The maximum absolute atomic E-state index is 8.50. The molecule has 0 spiro atoms. The molecule has 0 amide bonds. The Balaban J connectivity index is 2.16. The predicted octanol–water partition coefficient (Wildman–Crippen LogP) is 0.811. The van der Waals surface area contributed by atoms with Gasteiger partial charge in [-0.15, -0.1) is 0 Å². The summed E-state index contributed by atoms with van der Waals surface area (Å²) in [6, 6.07) is 10.3. The molecule has 0 fully saturated rings. The van der Waals surface area contributed by atoms with Gasteiger partial charge < -0.3 is 10.4 Å². The van der Waals surface area contributed by atoms with E-state index in [0.717, 1.165) is 13.0 Å². The Bertz CT molecular complexity index is 198. The van der Waals surface area contributed by atoms with Crippen molar-refractivity contribution >= 4 is 0 Å². The second kappa shape index (κ2) is 5.75. The molecule has 0 atom stereocenters. The van der Waals surface area contributed by atoms with Crippen molar-refractivity contribution < 1.29 is 5.11 Å². The van der Waals surface area contributed by atoms with Crippen LogP contribution in [0.1, 0.15) is 5.56 Å². The van der Waals surface area contributed by atoms with Crippen LogP contribution in [-0.4, -0.2) is 24.8 Å². The molecule has 1 rings (SSSR count). The van der Waals surface area contributed by atoms with Crippen molar-refractivity contribution in [2.75, 3.05) is 19.7 Å². The third-order valence-corrected chi connectivity index (χ3v) is 1.72. The van der Waals surface area contributed by atoms with Crippen LogP contribution in [0.4, 0.5) is 0 Å². The van der Waals surface area contributed by atoms with Gasteiger partial charge in [-0.25, -0.2) is 0 Å². The number of aliphatic hydroxyl groups excluding tert-OH is 1. The SMILES string of the molecule is OCCNCCc1ccccc1. The molecule has 0 aromatic heterocycles. The first kappa shape index (κ1) is 9.23. The minimum atomic E-state index is 0.217. The molecule has 0 unspecified atom stereocenters. The number of benzene rings is 1. The molecule has 2 N–H and O–H groups in total. The maximum Gasteiger partial charge on any atom is 0.0555 e. The van der Waals surface area contributed by atoms with Gasteiger partial charge in [0.15, 0.2) is 0 Å². The van der Waals surface area contributed by atoms with Crippen molar-refractivity contribution in [3.63, 3.8) is 0 Å². The molecule has 0 radical (unpaired) electrons. The normalized spacial score (nSPS) is 10.1. The summed E-state index contributed by atoms with van der Waals surface area (Å²) >= 11 is 0. The first-order valence-corrected chi connectivity index (χ1v) is 4.29. The molecular formula is C10H15NO. The van der Waals surface area contributed by atoms with E-state index in [1.54, 1.807) is 0 Å². The van der Waals surface area contributed by atoms with Crippen molar-refractivity contribution in [1.82, 2.24) is 5.32 Å². The lowest BCUT2D eigenvalue weighted by Gasteiger charge is -2.01. The van der Waals surface area contributed by atoms with Gasteiger partial charge in [0.1, 0.15) is 0 Å². The maximum atomic E-state index is 8.50. The van der Waals surface area contributed by atoms with Crippen molar-refractivity contribution in [2.45, 2.75) is 6.42 Å². The van der Waals surface area contributed by atoms with Crippen molar-refractivity contribution in [2.24, 2.45) is 0 Å². The fourth-order valence-corrected chi connectivity index (χ4v) is 1.08. The summed E-state index contributed by atoms with van der Waals surface area (Å²) in [5.41, 5.74) is 1.34. The Morgan fingerprint density at radius 3 is 2.50 bits per heavy atom. The summed E-state index contributed by atoms with van der Waals surface area (Å²) in [5.74, 6) is 0. The van der Waals surface area contributed by atoms with Crippen molar-refractivity contribution in [3.05, 3.63) is 35.9 Å². The van der Waals surface area contributed by atoms with Gasteiger partial charge in [-0.1, -0.05) is 30.3 Å². The number of rotatable bonds is 5. The van der Waals surface area contributed by atoms with Gasteiger partial charge in [0.25, 0.3) is 0 Å². The van der Waals surface area contributed by atoms with E-state index in [1.807, 2.05) is 18.2 Å². The lowest BCUT2D eigenvalue weighted by Crippen LogP contribution is -2.20. The van der Waals surface area contributed by atoms with Gasteiger partial charge in [-0.3, -0.25) is 0 Å². The second-order valence-electron chi connectivity index (χ2n) is 2.71. The fourth-order valence-electron chi connectivity index (χ4n) is 1.08. The van der Waals surface area contributed by atoms with E-state index < -0.39 is 0 Å². The average molecular weight is 165 g/mol. The highest BCUT2D eigenvalue weighted by molar-refractivity contribution is 5.14. The molecule has 2 heteroatoms. The summed E-state index contributed by atoms with van der Waals surface area (Å²) in [5, 5.41) is 11.6. The van der Waals surface area contributed by atoms with E-state index >= 15 is 0 Å².